The van der Waals surface area contributed by atoms with Gasteiger partial charge < -0.3 is 9.64 Å². The summed E-state index contributed by atoms with van der Waals surface area (Å²) in [6.07, 6.45) is 0. The van der Waals surface area contributed by atoms with Crippen LogP contribution in [0.3, 0.4) is 0 Å². The second-order valence-electron chi connectivity index (χ2n) is 3.68. The largest absolute Gasteiger partial charge is 0.380 e. The number of rotatable bonds is 5. The van der Waals surface area contributed by atoms with Gasteiger partial charge in [-0.2, -0.15) is 0 Å². The normalized spacial score (nSPS) is 10.6. The highest BCUT2D eigenvalue weighted by atomic mass is 35.5. The summed E-state index contributed by atoms with van der Waals surface area (Å²) in [6.45, 7) is 8.16. The maximum atomic E-state index is 5.90. The van der Waals surface area contributed by atoms with Crippen LogP contribution < -0.4 is 4.90 Å². The van der Waals surface area contributed by atoms with Gasteiger partial charge in [0.2, 0.25) is 0 Å². The summed E-state index contributed by atoms with van der Waals surface area (Å²) in [5, 5.41) is 8.50. The van der Waals surface area contributed by atoms with Gasteiger partial charge in [-0.15, -0.1) is 10.2 Å². The van der Waals surface area contributed by atoms with Crippen LogP contribution in [-0.4, -0.2) is 37.0 Å². The van der Waals surface area contributed by atoms with E-state index < -0.39 is 0 Å². The molecule has 0 aliphatic heterocycles. The number of likely N-dealkylation sites (N-methyl/N-ethyl adjacent to an activating group) is 1. The molecule has 5 heteroatoms. The number of nitrogens with zero attached hydrogens (tertiary/aromatic N) is 3. The molecule has 1 aromatic heterocycles. The number of hydrogen-bond donors (Lipinski definition) is 0. The number of anilines is 1. The lowest BCUT2D eigenvalue weighted by Gasteiger charge is -2.20. The molecule has 0 amide bonds. The maximum absolute atomic E-state index is 5.90. The predicted octanol–water partition coefficient (Wildman–Crippen LogP) is 2.22. The van der Waals surface area contributed by atoms with Crippen molar-refractivity contribution >= 4 is 17.4 Å². The third kappa shape index (κ3) is 3.06. The SMILES string of the molecule is CCOCCN(C)c1nnc(Cl)c(C)c1C. The summed E-state index contributed by atoms with van der Waals surface area (Å²) in [6, 6.07) is 0. The molecule has 0 aliphatic carbocycles. The Morgan fingerprint density at radius 3 is 2.56 bits per heavy atom. The lowest BCUT2D eigenvalue weighted by molar-refractivity contribution is 0.154. The number of ether oxygens (including phenoxy) is 1. The maximum Gasteiger partial charge on any atom is 0.155 e. The van der Waals surface area contributed by atoms with Crippen LogP contribution in [0.1, 0.15) is 18.1 Å². The molecule has 0 unspecified atom stereocenters. The van der Waals surface area contributed by atoms with Crippen LogP contribution in [0.5, 0.6) is 0 Å². The Morgan fingerprint density at radius 1 is 1.25 bits per heavy atom. The zero-order valence-electron chi connectivity index (χ0n) is 10.2. The average Bonchev–Trinajstić information content (AvgIpc) is 2.26. The minimum atomic E-state index is 0.472. The van der Waals surface area contributed by atoms with Crippen molar-refractivity contribution in [3.63, 3.8) is 0 Å². The second kappa shape index (κ2) is 6.01. The van der Waals surface area contributed by atoms with Crippen LogP contribution >= 0.6 is 11.6 Å². The molecule has 0 fully saturated rings. The molecule has 0 radical (unpaired) electrons. The number of aromatic nitrogens is 2. The Kier molecular flexibility index (Phi) is 4.96. The first-order valence-corrected chi connectivity index (χ1v) is 5.74. The zero-order valence-corrected chi connectivity index (χ0v) is 11.0. The second-order valence-corrected chi connectivity index (χ2v) is 4.04. The molecule has 0 aromatic carbocycles. The number of hydrogen-bond acceptors (Lipinski definition) is 4. The van der Waals surface area contributed by atoms with E-state index in [9.17, 15) is 0 Å². The van der Waals surface area contributed by atoms with Crippen LogP contribution in [0.25, 0.3) is 0 Å². The molecular formula is C11H18ClN3O. The van der Waals surface area contributed by atoms with E-state index >= 15 is 0 Å². The Labute approximate surface area is 102 Å². The Bertz CT molecular complexity index is 357. The van der Waals surface area contributed by atoms with Gasteiger partial charge in [-0.3, -0.25) is 0 Å². The van der Waals surface area contributed by atoms with E-state index in [2.05, 4.69) is 10.2 Å². The molecule has 0 saturated carbocycles. The molecular weight excluding hydrogens is 226 g/mol. The first-order valence-electron chi connectivity index (χ1n) is 5.36. The standard InChI is InChI=1S/C11H18ClN3O/c1-5-16-7-6-15(4)11-9(3)8(2)10(12)13-14-11/h5-7H2,1-4H3. The topological polar surface area (TPSA) is 38.2 Å². The molecule has 90 valence electrons. The van der Waals surface area contributed by atoms with Gasteiger partial charge in [-0.1, -0.05) is 11.6 Å². The van der Waals surface area contributed by atoms with E-state index in [4.69, 9.17) is 16.3 Å². The third-order valence-corrected chi connectivity index (χ3v) is 2.94. The molecule has 1 heterocycles. The summed E-state index contributed by atoms with van der Waals surface area (Å²) in [7, 11) is 1.98. The van der Waals surface area contributed by atoms with Crippen molar-refractivity contribution in [1.29, 1.82) is 0 Å². The fraction of sp³-hybridized carbons (Fsp3) is 0.636. The van der Waals surface area contributed by atoms with Crippen LogP contribution in [0.15, 0.2) is 0 Å². The van der Waals surface area contributed by atoms with E-state index in [1.54, 1.807) is 0 Å². The molecule has 16 heavy (non-hydrogen) atoms. The van der Waals surface area contributed by atoms with Gasteiger partial charge in [0.1, 0.15) is 0 Å². The highest BCUT2D eigenvalue weighted by Crippen LogP contribution is 2.22. The highest BCUT2D eigenvalue weighted by molar-refractivity contribution is 6.30. The molecule has 0 aliphatic rings. The lowest BCUT2D eigenvalue weighted by Crippen LogP contribution is -2.25. The minimum Gasteiger partial charge on any atom is -0.380 e. The summed E-state index contributed by atoms with van der Waals surface area (Å²) in [5.74, 6) is 0.863. The van der Waals surface area contributed by atoms with Crippen molar-refractivity contribution in [2.75, 3.05) is 31.7 Å². The van der Waals surface area contributed by atoms with Crippen molar-refractivity contribution < 1.29 is 4.74 Å². The van der Waals surface area contributed by atoms with E-state index in [1.807, 2.05) is 32.7 Å². The zero-order chi connectivity index (χ0) is 12.1. The molecule has 0 bridgehead atoms. The van der Waals surface area contributed by atoms with Crippen molar-refractivity contribution in [1.82, 2.24) is 10.2 Å². The van der Waals surface area contributed by atoms with Crippen molar-refractivity contribution in [2.45, 2.75) is 20.8 Å². The van der Waals surface area contributed by atoms with E-state index in [0.717, 1.165) is 30.1 Å². The van der Waals surface area contributed by atoms with Crippen LogP contribution in [-0.2, 0) is 4.74 Å². The fourth-order valence-corrected chi connectivity index (χ4v) is 1.56. The molecule has 1 rings (SSSR count). The van der Waals surface area contributed by atoms with Crippen LogP contribution in [0.4, 0.5) is 5.82 Å². The van der Waals surface area contributed by atoms with Crippen molar-refractivity contribution in [3.05, 3.63) is 16.3 Å². The Balaban J connectivity index is 2.76. The molecule has 0 N–H and O–H groups in total. The first-order chi connectivity index (χ1) is 7.57. The summed E-state index contributed by atoms with van der Waals surface area (Å²) in [5.41, 5.74) is 2.05. The molecule has 4 nitrogen and oxygen atoms in total. The Hall–Kier alpha value is -0.870. The predicted molar refractivity (Wildman–Crippen MR) is 66.3 cm³/mol. The molecule has 0 saturated heterocycles. The smallest absolute Gasteiger partial charge is 0.155 e. The van der Waals surface area contributed by atoms with E-state index in [-0.39, 0.29) is 0 Å². The third-order valence-electron chi connectivity index (χ3n) is 2.58. The molecule has 1 aromatic rings. The summed E-state index contributed by atoms with van der Waals surface area (Å²) < 4.78 is 5.30. The summed E-state index contributed by atoms with van der Waals surface area (Å²) >= 11 is 5.90. The van der Waals surface area contributed by atoms with Gasteiger partial charge in [0, 0.05) is 20.2 Å². The lowest BCUT2D eigenvalue weighted by atomic mass is 10.2. The van der Waals surface area contributed by atoms with Gasteiger partial charge in [-0.05, 0) is 31.9 Å². The Morgan fingerprint density at radius 2 is 1.94 bits per heavy atom. The quantitative estimate of drug-likeness (QED) is 0.744. The van der Waals surface area contributed by atoms with Gasteiger partial charge in [0.05, 0.1) is 6.61 Å². The fourth-order valence-electron chi connectivity index (χ4n) is 1.38. The van der Waals surface area contributed by atoms with Crippen molar-refractivity contribution in [3.8, 4) is 0 Å². The van der Waals surface area contributed by atoms with Gasteiger partial charge in [0.25, 0.3) is 0 Å². The average molecular weight is 244 g/mol. The van der Waals surface area contributed by atoms with Crippen LogP contribution in [0.2, 0.25) is 5.15 Å². The number of halogens is 1. The van der Waals surface area contributed by atoms with E-state index in [0.29, 0.717) is 11.8 Å². The van der Waals surface area contributed by atoms with Crippen LogP contribution in [0, 0.1) is 13.8 Å². The molecule has 0 spiro atoms. The summed E-state index contributed by atoms with van der Waals surface area (Å²) in [4.78, 5) is 2.03. The molecule has 0 atom stereocenters. The first kappa shape index (κ1) is 13.2. The van der Waals surface area contributed by atoms with E-state index in [1.165, 1.54) is 0 Å². The minimum absolute atomic E-state index is 0.472. The van der Waals surface area contributed by atoms with Crippen molar-refractivity contribution in [2.24, 2.45) is 0 Å². The van der Waals surface area contributed by atoms with Gasteiger partial charge in [-0.25, -0.2) is 0 Å². The van der Waals surface area contributed by atoms with Gasteiger partial charge >= 0.3 is 0 Å². The van der Waals surface area contributed by atoms with Gasteiger partial charge in [0.15, 0.2) is 11.0 Å². The monoisotopic (exact) mass is 243 g/mol. The highest BCUT2D eigenvalue weighted by Gasteiger charge is 2.11.